The van der Waals surface area contributed by atoms with E-state index in [1.165, 1.54) is 0 Å². The number of hydrogen-bond donors (Lipinski definition) is 2. The molecule has 0 bridgehead atoms. The van der Waals surface area contributed by atoms with Crippen LogP contribution in [0, 0.1) is 0 Å². The van der Waals surface area contributed by atoms with Gasteiger partial charge in [-0.3, -0.25) is 5.10 Å². The van der Waals surface area contributed by atoms with Gasteiger partial charge in [0, 0.05) is 5.02 Å². The molecule has 2 rings (SSSR count). The second-order valence-corrected chi connectivity index (χ2v) is 3.32. The standard InChI is InChI=1S/C9H9ClN4O/c1-15-7-3-2-5(10)4-6(7)8-12-9(11)14-13-8/h2-4H,1H3,(H3,11,12,13,14). The molecule has 1 heterocycles. The number of halogens is 1. The summed E-state index contributed by atoms with van der Waals surface area (Å²) in [5, 5.41) is 7.04. The highest BCUT2D eigenvalue weighted by Gasteiger charge is 2.10. The van der Waals surface area contributed by atoms with Gasteiger partial charge >= 0.3 is 0 Å². The molecular weight excluding hydrogens is 216 g/mol. The quantitative estimate of drug-likeness (QED) is 0.814. The number of nitrogens with two attached hydrogens (primary N) is 1. The van der Waals surface area contributed by atoms with Crippen molar-refractivity contribution in [3.8, 4) is 17.1 Å². The number of ether oxygens (including phenoxy) is 1. The second-order valence-electron chi connectivity index (χ2n) is 2.89. The van der Waals surface area contributed by atoms with Gasteiger partial charge in [0.05, 0.1) is 12.7 Å². The van der Waals surface area contributed by atoms with Gasteiger partial charge < -0.3 is 10.5 Å². The molecule has 0 aliphatic carbocycles. The van der Waals surface area contributed by atoms with Crippen molar-refractivity contribution >= 4 is 17.5 Å². The molecule has 3 N–H and O–H groups in total. The Balaban J connectivity index is 2.55. The predicted octanol–water partition coefficient (Wildman–Crippen LogP) is 1.72. The zero-order valence-electron chi connectivity index (χ0n) is 7.99. The van der Waals surface area contributed by atoms with Crippen molar-refractivity contribution in [2.24, 2.45) is 0 Å². The summed E-state index contributed by atoms with van der Waals surface area (Å²) in [5.41, 5.74) is 6.15. The summed E-state index contributed by atoms with van der Waals surface area (Å²) in [6.45, 7) is 0. The van der Waals surface area contributed by atoms with Crippen molar-refractivity contribution in [3.63, 3.8) is 0 Å². The van der Waals surface area contributed by atoms with Gasteiger partial charge in [0.1, 0.15) is 5.75 Å². The molecule has 0 aliphatic heterocycles. The number of nitrogens with zero attached hydrogens (tertiary/aromatic N) is 2. The minimum absolute atomic E-state index is 0.187. The van der Waals surface area contributed by atoms with Gasteiger partial charge in [0.15, 0.2) is 5.82 Å². The first-order valence-electron chi connectivity index (χ1n) is 4.22. The Morgan fingerprint density at radius 2 is 2.27 bits per heavy atom. The topological polar surface area (TPSA) is 76.8 Å². The third-order valence-electron chi connectivity index (χ3n) is 1.92. The first kappa shape index (κ1) is 9.79. The molecule has 1 aromatic heterocycles. The normalized spacial score (nSPS) is 10.3. The fourth-order valence-electron chi connectivity index (χ4n) is 1.26. The molecule has 0 fully saturated rings. The molecule has 0 atom stereocenters. The van der Waals surface area contributed by atoms with E-state index >= 15 is 0 Å². The number of rotatable bonds is 2. The van der Waals surface area contributed by atoms with E-state index in [2.05, 4.69) is 15.2 Å². The van der Waals surface area contributed by atoms with Gasteiger partial charge in [-0.2, -0.15) is 4.98 Å². The molecule has 78 valence electrons. The summed E-state index contributed by atoms with van der Waals surface area (Å²) in [7, 11) is 1.58. The average molecular weight is 225 g/mol. The average Bonchev–Trinajstić information content (AvgIpc) is 2.65. The van der Waals surface area contributed by atoms with E-state index in [1.807, 2.05) is 0 Å². The molecule has 2 aromatic rings. The van der Waals surface area contributed by atoms with Crippen LogP contribution in [0.25, 0.3) is 11.4 Å². The molecule has 1 aromatic carbocycles. The molecule has 15 heavy (non-hydrogen) atoms. The van der Waals surface area contributed by atoms with Crippen LogP contribution in [0.5, 0.6) is 5.75 Å². The smallest absolute Gasteiger partial charge is 0.239 e. The molecule has 0 unspecified atom stereocenters. The van der Waals surface area contributed by atoms with Crippen molar-refractivity contribution < 1.29 is 4.74 Å². The number of aromatic nitrogens is 3. The second kappa shape index (κ2) is 3.78. The predicted molar refractivity (Wildman–Crippen MR) is 57.8 cm³/mol. The van der Waals surface area contributed by atoms with E-state index in [9.17, 15) is 0 Å². The molecular formula is C9H9ClN4O. The van der Waals surface area contributed by atoms with Crippen molar-refractivity contribution in [2.75, 3.05) is 12.8 Å². The summed E-state index contributed by atoms with van der Waals surface area (Å²) in [5.74, 6) is 1.38. The fraction of sp³-hybridized carbons (Fsp3) is 0.111. The highest BCUT2D eigenvalue weighted by Crippen LogP contribution is 2.30. The molecule has 0 spiro atoms. The van der Waals surface area contributed by atoms with Gasteiger partial charge in [0.2, 0.25) is 5.95 Å². The Bertz CT molecular complexity index is 483. The van der Waals surface area contributed by atoms with E-state index in [0.29, 0.717) is 16.6 Å². The van der Waals surface area contributed by atoms with Gasteiger partial charge in [-0.1, -0.05) is 11.6 Å². The molecule has 0 saturated carbocycles. The van der Waals surface area contributed by atoms with Crippen LogP contribution in [0.2, 0.25) is 5.02 Å². The molecule has 0 aliphatic rings. The highest BCUT2D eigenvalue weighted by molar-refractivity contribution is 6.30. The van der Waals surface area contributed by atoms with E-state index in [1.54, 1.807) is 25.3 Å². The number of nitrogen functional groups attached to an aromatic ring is 1. The Morgan fingerprint density at radius 3 is 2.87 bits per heavy atom. The maximum atomic E-state index is 5.88. The lowest BCUT2D eigenvalue weighted by Gasteiger charge is -2.05. The van der Waals surface area contributed by atoms with Crippen molar-refractivity contribution in [3.05, 3.63) is 23.2 Å². The van der Waals surface area contributed by atoms with Crippen LogP contribution in [0.3, 0.4) is 0 Å². The number of methoxy groups -OCH3 is 1. The largest absolute Gasteiger partial charge is 0.496 e. The van der Waals surface area contributed by atoms with Gasteiger partial charge in [-0.05, 0) is 18.2 Å². The highest BCUT2D eigenvalue weighted by atomic mass is 35.5. The Morgan fingerprint density at radius 1 is 1.47 bits per heavy atom. The SMILES string of the molecule is COc1ccc(Cl)cc1-c1nc(N)n[nH]1. The zero-order valence-corrected chi connectivity index (χ0v) is 8.75. The van der Waals surface area contributed by atoms with Crippen LogP contribution in [0.1, 0.15) is 0 Å². The molecule has 5 nitrogen and oxygen atoms in total. The van der Waals surface area contributed by atoms with Crippen molar-refractivity contribution in [2.45, 2.75) is 0 Å². The van der Waals surface area contributed by atoms with Crippen LogP contribution in [0.4, 0.5) is 5.95 Å². The van der Waals surface area contributed by atoms with Gasteiger partial charge in [-0.15, -0.1) is 5.10 Å². The maximum absolute atomic E-state index is 5.88. The van der Waals surface area contributed by atoms with Crippen LogP contribution in [-0.2, 0) is 0 Å². The van der Waals surface area contributed by atoms with Crippen molar-refractivity contribution in [1.29, 1.82) is 0 Å². The molecule has 6 heteroatoms. The maximum Gasteiger partial charge on any atom is 0.239 e. The number of nitrogens with one attached hydrogen (secondary N) is 1. The van der Waals surface area contributed by atoms with Crippen LogP contribution >= 0.6 is 11.6 Å². The number of H-pyrrole nitrogens is 1. The summed E-state index contributed by atoms with van der Waals surface area (Å²) >= 11 is 5.88. The van der Waals surface area contributed by atoms with Crippen LogP contribution in [-0.4, -0.2) is 22.3 Å². The number of hydrogen-bond acceptors (Lipinski definition) is 4. The number of aromatic amines is 1. The lowest BCUT2D eigenvalue weighted by molar-refractivity contribution is 0.416. The molecule has 0 saturated heterocycles. The Hall–Kier alpha value is -1.75. The third kappa shape index (κ3) is 1.87. The fourth-order valence-corrected chi connectivity index (χ4v) is 1.43. The number of benzene rings is 1. The molecule has 0 amide bonds. The lowest BCUT2D eigenvalue weighted by Crippen LogP contribution is -1.90. The van der Waals surface area contributed by atoms with Crippen LogP contribution < -0.4 is 10.5 Å². The monoisotopic (exact) mass is 224 g/mol. The summed E-state index contributed by atoms with van der Waals surface area (Å²) in [6.07, 6.45) is 0. The van der Waals surface area contributed by atoms with Gasteiger partial charge in [-0.25, -0.2) is 0 Å². The van der Waals surface area contributed by atoms with Crippen molar-refractivity contribution in [1.82, 2.24) is 15.2 Å². The van der Waals surface area contributed by atoms with Gasteiger partial charge in [0.25, 0.3) is 0 Å². The summed E-state index contributed by atoms with van der Waals surface area (Å²) in [4.78, 5) is 4.00. The van der Waals surface area contributed by atoms with E-state index < -0.39 is 0 Å². The Labute approximate surface area is 91.2 Å². The summed E-state index contributed by atoms with van der Waals surface area (Å²) < 4.78 is 5.18. The lowest BCUT2D eigenvalue weighted by atomic mass is 10.2. The van der Waals surface area contributed by atoms with E-state index in [-0.39, 0.29) is 5.95 Å². The minimum atomic E-state index is 0.187. The first-order chi connectivity index (χ1) is 7.20. The first-order valence-corrected chi connectivity index (χ1v) is 4.60. The number of anilines is 1. The molecule has 0 radical (unpaired) electrons. The zero-order chi connectivity index (χ0) is 10.8. The third-order valence-corrected chi connectivity index (χ3v) is 2.15. The summed E-state index contributed by atoms with van der Waals surface area (Å²) in [6, 6.07) is 5.24. The Kier molecular flexibility index (Phi) is 2.47. The van der Waals surface area contributed by atoms with E-state index in [4.69, 9.17) is 22.1 Å². The van der Waals surface area contributed by atoms with Crippen LogP contribution in [0.15, 0.2) is 18.2 Å². The minimum Gasteiger partial charge on any atom is -0.496 e. The van der Waals surface area contributed by atoms with E-state index in [0.717, 1.165) is 5.56 Å².